The fraction of sp³-hybridized carbons (Fsp3) is 0.467. The maximum Gasteiger partial charge on any atom is 0.247 e. The number of rotatable bonds is 5. The normalized spacial score (nSPS) is 17.2. The second-order valence-electron chi connectivity index (χ2n) is 5.12. The molecule has 1 atom stereocenters. The van der Waals surface area contributed by atoms with Gasteiger partial charge in [-0.15, -0.1) is 0 Å². The highest BCUT2D eigenvalue weighted by Gasteiger charge is 2.23. The summed E-state index contributed by atoms with van der Waals surface area (Å²) in [6, 6.07) is 6.52. The average Bonchev–Trinajstić information content (AvgIpc) is 2.45. The van der Waals surface area contributed by atoms with E-state index in [0.717, 1.165) is 25.7 Å². The van der Waals surface area contributed by atoms with Gasteiger partial charge in [-0.3, -0.25) is 9.59 Å². The molecule has 108 valence electrons. The van der Waals surface area contributed by atoms with E-state index in [1.165, 1.54) is 6.42 Å². The quantitative estimate of drug-likeness (QED) is 0.820. The molecule has 0 radical (unpaired) electrons. The van der Waals surface area contributed by atoms with Crippen LogP contribution in [-0.4, -0.2) is 18.4 Å². The van der Waals surface area contributed by atoms with Crippen molar-refractivity contribution in [3.63, 3.8) is 0 Å². The molecule has 4 nitrogen and oxygen atoms in total. The van der Waals surface area contributed by atoms with Crippen LogP contribution in [0.2, 0.25) is 5.02 Å². The van der Waals surface area contributed by atoms with Gasteiger partial charge in [0.05, 0.1) is 0 Å². The molecule has 0 bridgehead atoms. The van der Waals surface area contributed by atoms with Gasteiger partial charge in [0.2, 0.25) is 12.3 Å². The van der Waals surface area contributed by atoms with Crippen molar-refractivity contribution in [2.45, 2.75) is 44.2 Å². The number of carbonyl (C=O) groups is 2. The molecule has 2 rings (SSSR count). The summed E-state index contributed by atoms with van der Waals surface area (Å²) in [6.07, 6.45) is 6.09. The Morgan fingerprint density at radius 1 is 1.30 bits per heavy atom. The standard InChI is InChI=1S/C15H19ClN2O2/c16-12-6-4-5-11(9-12)14(17-10-19)15(20)18-13-7-2-1-3-8-13/h4-6,9-10,13-14H,1-3,7-8H2,(H,17,19)(H,18,20). The zero-order valence-electron chi connectivity index (χ0n) is 11.3. The first-order valence-corrected chi connectivity index (χ1v) is 7.34. The van der Waals surface area contributed by atoms with Crippen LogP contribution in [0.25, 0.3) is 0 Å². The lowest BCUT2D eigenvalue weighted by Gasteiger charge is -2.25. The van der Waals surface area contributed by atoms with Gasteiger partial charge in [0.1, 0.15) is 6.04 Å². The number of hydrogen-bond acceptors (Lipinski definition) is 2. The van der Waals surface area contributed by atoms with Crippen molar-refractivity contribution in [3.8, 4) is 0 Å². The molecule has 1 saturated carbocycles. The minimum absolute atomic E-state index is 0.175. The van der Waals surface area contributed by atoms with E-state index in [1.54, 1.807) is 24.3 Å². The fourth-order valence-corrected chi connectivity index (χ4v) is 2.81. The molecule has 1 aromatic carbocycles. The number of carbonyl (C=O) groups excluding carboxylic acids is 2. The molecular formula is C15H19ClN2O2. The van der Waals surface area contributed by atoms with Crippen LogP contribution in [0.3, 0.4) is 0 Å². The number of benzene rings is 1. The molecule has 1 aliphatic carbocycles. The lowest BCUT2D eigenvalue weighted by Crippen LogP contribution is -2.43. The van der Waals surface area contributed by atoms with Crippen LogP contribution in [0, 0.1) is 0 Å². The van der Waals surface area contributed by atoms with Crippen molar-refractivity contribution in [1.29, 1.82) is 0 Å². The summed E-state index contributed by atoms with van der Waals surface area (Å²) < 4.78 is 0. The van der Waals surface area contributed by atoms with Crippen molar-refractivity contribution in [2.24, 2.45) is 0 Å². The lowest BCUT2D eigenvalue weighted by atomic mass is 9.95. The molecule has 0 spiro atoms. The Labute approximate surface area is 123 Å². The molecule has 1 aromatic rings. The topological polar surface area (TPSA) is 58.2 Å². The van der Waals surface area contributed by atoms with Crippen LogP contribution in [-0.2, 0) is 9.59 Å². The predicted molar refractivity (Wildman–Crippen MR) is 78.4 cm³/mol. The first-order valence-electron chi connectivity index (χ1n) is 6.96. The lowest BCUT2D eigenvalue weighted by molar-refractivity contribution is -0.126. The third-order valence-corrected chi connectivity index (χ3v) is 3.87. The molecule has 20 heavy (non-hydrogen) atoms. The molecule has 0 aromatic heterocycles. The molecule has 0 heterocycles. The Morgan fingerprint density at radius 3 is 2.70 bits per heavy atom. The molecule has 0 saturated heterocycles. The summed E-state index contributed by atoms with van der Waals surface area (Å²) >= 11 is 5.94. The zero-order chi connectivity index (χ0) is 14.4. The molecule has 2 amide bonds. The van der Waals surface area contributed by atoms with Crippen LogP contribution in [0.5, 0.6) is 0 Å². The summed E-state index contributed by atoms with van der Waals surface area (Å²) in [5.41, 5.74) is 0.693. The molecule has 1 aliphatic rings. The third kappa shape index (κ3) is 3.97. The van der Waals surface area contributed by atoms with E-state index in [4.69, 9.17) is 11.6 Å². The maximum atomic E-state index is 12.3. The second kappa shape index (κ2) is 7.29. The third-order valence-electron chi connectivity index (χ3n) is 3.63. The average molecular weight is 295 g/mol. The van der Waals surface area contributed by atoms with Gasteiger partial charge in [-0.2, -0.15) is 0 Å². The van der Waals surface area contributed by atoms with Crippen molar-refractivity contribution in [2.75, 3.05) is 0 Å². The monoisotopic (exact) mass is 294 g/mol. The second-order valence-corrected chi connectivity index (χ2v) is 5.55. The van der Waals surface area contributed by atoms with Gasteiger partial charge in [0.25, 0.3) is 0 Å². The van der Waals surface area contributed by atoms with E-state index in [-0.39, 0.29) is 11.9 Å². The molecule has 0 aliphatic heterocycles. The van der Waals surface area contributed by atoms with E-state index in [2.05, 4.69) is 10.6 Å². The summed E-state index contributed by atoms with van der Waals surface area (Å²) in [5, 5.41) is 6.13. The molecule has 5 heteroatoms. The minimum Gasteiger partial charge on any atom is -0.351 e. The summed E-state index contributed by atoms with van der Waals surface area (Å²) in [7, 11) is 0. The van der Waals surface area contributed by atoms with Crippen molar-refractivity contribution >= 4 is 23.9 Å². The van der Waals surface area contributed by atoms with E-state index in [1.807, 2.05) is 0 Å². The SMILES string of the molecule is O=CNC(C(=O)NC1CCCCC1)c1cccc(Cl)c1. The van der Waals surface area contributed by atoms with E-state index in [0.29, 0.717) is 17.0 Å². The van der Waals surface area contributed by atoms with Crippen molar-refractivity contribution in [3.05, 3.63) is 34.9 Å². The summed E-state index contributed by atoms with van der Waals surface area (Å²) in [4.78, 5) is 23.1. The highest BCUT2D eigenvalue weighted by molar-refractivity contribution is 6.30. The van der Waals surface area contributed by atoms with Gasteiger partial charge in [0, 0.05) is 11.1 Å². The highest BCUT2D eigenvalue weighted by Crippen LogP contribution is 2.21. The van der Waals surface area contributed by atoms with Crippen LogP contribution >= 0.6 is 11.6 Å². The van der Waals surface area contributed by atoms with E-state index >= 15 is 0 Å². The summed E-state index contributed by atoms with van der Waals surface area (Å²) in [6.45, 7) is 0. The van der Waals surface area contributed by atoms with Crippen LogP contribution in [0.4, 0.5) is 0 Å². The van der Waals surface area contributed by atoms with Crippen LogP contribution in [0.15, 0.2) is 24.3 Å². The van der Waals surface area contributed by atoms with Crippen LogP contribution in [0.1, 0.15) is 43.7 Å². The van der Waals surface area contributed by atoms with Gasteiger partial charge in [-0.1, -0.05) is 43.0 Å². The fourth-order valence-electron chi connectivity index (χ4n) is 2.61. The Balaban J connectivity index is 2.07. The Kier molecular flexibility index (Phi) is 5.41. The summed E-state index contributed by atoms with van der Waals surface area (Å²) in [5.74, 6) is -0.175. The van der Waals surface area contributed by atoms with E-state index < -0.39 is 6.04 Å². The first kappa shape index (κ1) is 14.9. The smallest absolute Gasteiger partial charge is 0.247 e. The molecule has 2 N–H and O–H groups in total. The van der Waals surface area contributed by atoms with Gasteiger partial charge in [-0.05, 0) is 30.5 Å². The number of halogens is 1. The molecule has 1 fully saturated rings. The zero-order valence-corrected chi connectivity index (χ0v) is 12.0. The maximum absolute atomic E-state index is 12.3. The van der Waals surface area contributed by atoms with Crippen molar-refractivity contribution in [1.82, 2.24) is 10.6 Å². The Hall–Kier alpha value is -1.55. The Bertz CT molecular complexity index is 473. The van der Waals surface area contributed by atoms with Gasteiger partial charge < -0.3 is 10.6 Å². The largest absolute Gasteiger partial charge is 0.351 e. The minimum atomic E-state index is -0.687. The Morgan fingerprint density at radius 2 is 2.05 bits per heavy atom. The highest BCUT2D eigenvalue weighted by atomic mass is 35.5. The number of nitrogens with one attached hydrogen (secondary N) is 2. The number of hydrogen-bond donors (Lipinski definition) is 2. The predicted octanol–water partition coefficient (Wildman–Crippen LogP) is 2.58. The van der Waals surface area contributed by atoms with Gasteiger partial charge >= 0.3 is 0 Å². The van der Waals surface area contributed by atoms with Gasteiger partial charge in [-0.25, -0.2) is 0 Å². The van der Waals surface area contributed by atoms with E-state index in [9.17, 15) is 9.59 Å². The van der Waals surface area contributed by atoms with Gasteiger partial charge in [0.15, 0.2) is 0 Å². The molecule has 1 unspecified atom stereocenters. The molecular weight excluding hydrogens is 276 g/mol. The van der Waals surface area contributed by atoms with Crippen molar-refractivity contribution < 1.29 is 9.59 Å². The van der Waals surface area contributed by atoms with Crippen LogP contribution < -0.4 is 10.6 Å². The first-order chi connectivity index (χ1) is 9.70. The number of amides is 2.